The van der Waals surface area contributed by atoms with Crippen molar-refractivity contribution in [3.8, 4) is 0 Å². The van der Waals surface area contributed by atoms with Gasteiger partial charge in [-0.1, -0.05) is 34.8 Å². The number of Topliss-reactive ketones (excluding diaryl/α,β-unsaturated/α-hetero) is 1. The van der Waals surface area contributed by atoms with Crippen LogP contribution < -0.4 is 5.32 Å². The average molecular weight is 462 g/mol. The Morgan fingerprint density at radius 2 is 1.66 bits per heavy atom. The lowest BCUT2D eigenvalue weighted by molar-refractivity contribution is -0.117. The minimum Gasteiger partial charge on any atom is -0.322 e. The highest BCUT2D eigenvalue weighted by Gasteiger charge is 2.28. The van der Waals surface area contributed by atoms with E-state index in [9.17, 15) is 18.4 Å². The van der Waals surface area contributed by atoms with Gasteiger partial charge in [0, 0.05) is 10.9 Å². The summed E-state index contributed by atoms with van der Waals surface area (Å²) >= 11 is 18.0. The van der Waals surface area contributed by atoms with Crippen LogP contribution in [-0.4, -0.2) is 36.2 Å². The molecule has 0 aromatic heterocycles. The van der Waals surface area contributed by atoms with Crippen LogP contribution in [0, 0.1) is 17.6 Å². The number of amides is 1. The second-order valence-corrected chi connectivity index (χ2v) is 8.08. The lowest BCUT2D eigenvalue weighted by atomic mass is 9.88. The van der Waals surface area contributed by atoms with Gasteiger partial charge in [-0.25, -0.2) is 8.78 Å². The van der Waals surface area contributed by atoms with E-state index in [1.165, 1.54) is 12.1 Å². The van der Waals surface area contributed by atoms with E-state index < -0.39 is 23.3 Å². The Balaban J connectivity index is 1.55. The maximum atomic E-state index is 13.8. The van der Waals surface area contributed by atoms with Gasteiger partial charge in [0.2, 0.25) is 5.91 Å². The second kappa shape index (κ2) is 9.39. The van der Waals surface area contributed by atoms with E-state index in [0.29, 0.717) is 31.0 Å². The van der Waals surface area contributed by atoms with Gasteiger partial charge in [-0.15, -0.1) is 0 Å². The fraction of sp³-hybridized carbons (Fsp3) is 0.300. The van der Waals surface area contributed by atoms with E-state index in [1.807, 2.05) is 4.90 Å². The topological polar surface area (TPSA) is 49.4 Å². The highest BCUT2D eigenvalue weighted by atomic mass is 35.5. The van der Waals surface area contributed by atoms with Crippen LogP contribution in [0.15, 0.2) is 30.3 Å². The summed E-state index contributed by atoms with van der Waals surface area (Å²) in [4.78, 5) is 26.7. The van der Waals surface area contributed by atoms with Crippen molar-refractivity contribution < 1.29 is 18.4 Å². The summed E-state index contributed by atoms with van der Waals surface area (Å²) in [6.07, 6.45) is 0.898. The van der Waals surface area contributed by atoms with Crippen molar-refractivity contribution >= 4 is 52.2 Å². The number of carbonyl (C=O) groups excluding carboxylic acids is 2. The molecule has 1 saturated heterocycles. The fourth-order valence-corrected chi connectivity index (χ4v) is 4.21. The van der Waals surface area contributed by atoms with Crippen molar-refractivity contribution in [3.63, 3.8) is 0 Å². The summed E-state index contributed by atoms with van der Waals surface area (Å²) < 4.78 is 27.2. The number of anilines is 1. The van der Waals surface area contributed by atoms with Crippen LogP contribution in [0.1, 0.15) is 23.2 Å². The Morgan fingerprint density at radius 1 is 1.03 bits per heavy atom. The van der Waals surface area contributed by atoms with Gasteiger partial charge in [0.15, 0.2) is 5.78 Å². The van der Waals surface area contributed by atoms with Gasteiger partial charge in [-0.2, -0.15) is 0 Å². The largest absolute Gasteiger partial charge is 0.322 e. The molecule has 1 heterocycles. The molecule has 9 heteroatoms. The number of carbonyl (C=O) groups is 2. The second-order valence-electron chi connectivity index (χ2n) is 6.83. The van der Waals surface area contributed by atoms with Gasteiger partial charge < -0.3 is 5.32 Å². The van der Waals surface area contributed by atoms with E-state index in [4.69, 9.17) is 34.8 Å². The molecule has 0 aliphatic carbocycles. The van der Waals surface area contributed by atoms with Crippen LogP contribution in [-0.2, 0) is 4.79 Å². The smallest absolute Gasteiger partial charge is 0.238 e. The molecule has 2 aromatic carbocycles. The number of ketones is 1. The molecule has 1 aliphatic rings. The monoisotopic (exact) mass is 460 g/mol. The first-order chi connectivity index (χ1) is 13.7. The van der Waals surface area contributed by atoms with Crippen LogP contribution in [0.2, 0.25) is 15.1 Å². The highest BCUT2D eigenvalue weighted by Crippen LogP contribution is 2.33. The maximum Gasteiger partial charge on any atom is 0.238 e. The number of benzene rings is 2. The number of piperidine rings is 1. The van der Waals surface area contributed by atoms with Crippen LogP contribution in [0.5, 0.6) is 0 Å². The predicted octanol–water partition coefficient (Wildman–Crippen LogP) is 5.46. The number of hydrogen-bond donors (Lipinski definition) is 1. The standard InChI is InChI=1S/C20H17Cl3F2N2O2/c21-12-7-15(22)19(16(23)8-12)26-18(28)10-27-5-3-11(4-6-27)20(29)14-9-13(24)1-2-17(14)25/h1-2,7-9,11H,3-6,10H2,(H,26,28). The molecular weight excluding hydrogens is 445 g/mol. The zero-order valence-electron chi connectivity index (χ0n) is 15.2. The van der Waals surface area contributed by atoms with E-state index in [2.05, 4.69) is 5.32 Å². The predicted molar refractivity (Wildman–Crippen MR) is 110 cm³/mol. The molecule has 1 amide bonds. The molecule has 3 rings (SSSR count). The Labute approximate surface area is 181 Å². The molecule has 0 spiro atoms. The molecule has 0 radical (unpaired) electrons. The van der Waals surface area contributed by atoms with Crippen molar-refractivity contribution in [2.45, 2.75) is 12.8 Å². The van der Waals surface area contributed by atoms with Crippen molar-refractivity contribution in [3.05, 3.63) is 62.6 Å². The Kier molecular flexibility index (Phi) is 7.11. The summed E-state index contributed by atoms with van der Waals surface area (Å²) in [5.41, 5.74) is 0.0580. The molecule has 1 fully saturated rings. The summed E-state index contributed by atoms with van der Waals surface area (Å²) in [6, 6.07) is 5.82. The van der Waals surface area contributed by atoms with Gasteiger partial charge in [-0.3, -0.25) is 14.5 Å². The molecule has 1 aliphatic heterocycles. The van der Waals surface area contributed by atoms with Gasteiger partial charge in [0.1, 0.15) is 11.6 Å². The molecule has 29 heavy (non-hydrogen) atoms. The van der Waals surface area contributed by atoms with Gasteiger partial charge >= 0.3 is 0 Å². The Hall–Kier alpha value is -1.73. The van der Waals surface area contributed by atoms with Crippen LogP contribution in [0.3, 0.4) is 0 Å². The third-order valence-electron chi connectivity index (χ3n) is 4.79. The lowest BCUT2D eigenvalue weighted by Gasteiger charge is -2.30. The fourth-order valence-electron chi connectivity index (χ4n) is 3.30. The zero-order valence-corrected chi connectivity index (χ0v) is 17.4. The minimum absolute atomic E-state index is 0.0878. The molecule has 0 saturated carbocycles. The quantitative estimate of drug-likeness (QED) is 0.602. The third kappa shape index (κ3) is 5.45. The first-order valence-corrected chi connectivity index (χ1v) is 10.0. The summed E-state index contributed by atoms with van der Waals surface area (Å²) in [5.74, 6) is -2.51. The van der Waals surface area contributed by atoms with E-state index in [0.717, 1.165) is 18.2 Å². The molecule has 1 N–H and O–H groups in total. The molecule has 4 nitrogen and oxygen atoms in total. The van der Waals surface area contributed by atoms with Crippen molar-refractivity contribution in [1.82, 2.24) is 4.90 Å². The van der Waals surface area contributed by atoms with Gasteiger partial charge in [-0.05, 0) is 56.3 Å². The number of hydrogen-bond acceptors (Lipinski definition) is 3. The first-order valence-electron chi connectivity index (χ1n) is 8.90. The van der Waals surface area contributed by atoms with Gasteiger partial charge in [0.05, 0.1) is 27.8 Å². The molecule has 0 unspecified atom stereocenters. The van der Waals surface area contributed by atoms with Crippen LogP contribution in [0.25, 0.3) is 0 Å². The highest BCUT2D eigenvalue weighted by molar-refractivity contribution is 6.42. The number of halogens is 5. The summed E-state index contributed by atoms with van der Waals surface area (Å²) in [6.45, 7) is 1.04. The third-order valence-corrected chi connectivity index (χ3v) is 5.61. The normalized spacial score (nSPS) is 15.3. The average Bonchev–Trinajstić information content (AvgIpc) is 2.66. The van der Waals surface area contributed by atoms with Crippen molar-refractivity contribution in [2.24, 2.45) is 5.92 Å². The number of likely N-dealkylation sites (tertiary alicyclic amines) is 1. The molecule has 0 atom stereocenters. The van der Waals surface area contributed by atoms with E-state index in [1.54, 1.807) is 0 Å². The summed E-state index contributed by atoms with van der Waals surface area (Å²) in [5, 5.41) is 3.49. The lowest BCUT2D eigenvalue weighted by Crippen LogP contribution is -2.41. The van der Waals surface area contributed by atoms with Crippen molar-refractivity contribution in [1.29, 1.82) is 0 Å². The summed E-state index contributed by atoms with van der Waals surface area (Å²) in [7, 11) is 0. The van der Waals surface area contributed by atoms with E-state index in [-0.39, 0.29) is 33.7 Å². The van der Waals surface area contributed by atoms with Crippen LogP contribution >= 0.6 is 34.8 Å². The molecular formula is C20H17Cl3F2N2O2. The molecule has 0 bridgehead atoms. The maximum absolute atomic E-state index is 13.8. The zero-order chi connectivity index (χ0) is 21.1. The van der Waals surface area contributed by atoms with Gasteiger partial charge in [0.25, 0.3) is 0 Å². The first kappa shape index (κ1) is 22.0. The van der Waals surface area contributed by atoms with E-state index >= 15 is 0 Å². The SMILES string of the molecule is O=C(CN1CCC(C(=O)c2cc(F)ccc2F)CC1)Nc1c(Cl)cc(Cl)cc1Cl. The Morgan fingerprint density at radius 3 is 2.28 bits per heavy atom. The minimum atomic E-state index is -0.727. The molecule has 2 aromatic rings. The number of rotatable bonds is 5. The van der Waals surface area contributed by atoms with Crippen molar-refractivity contribution in [2.75, 3.05) is 25.0 Å². The van der Waals surface area contributed by atoms with Crippen LogP contribution in [0.4, 0.5) is 14.5 Å². The number of nitrogens with zero attached hydrogens (tertiary/aromatic N) is 1. The number of nitrogens with one attached hydrogen (secondary N) is 1. The molecule has 154 valence electrons. The Bertz CT molecular complexity index is 924.